The monoisotopic (exact) mass is 231 g/mol. The summed E-state index contributed by atoms with van der Waals surface area (Å²) in [6.45, 7) is 10.3. The Morgan fingerprint density at radius 2 is 2.06 bits per heavy atom. The highest BCUT2D eigenvalue weighted by Crippen LogP contribution is 2.28. The summed E-state index contributed by atoms with van der Waals surface area (Å²) in [6, 6.07) is 9.86. The molecule has 1 N–H and O–H groups in total. The van der Waals surface area contributed by atoms with Crippen LogP contribution in [0.2, 0.25) is 0 Å². The van der Waals surface area contributed by atoms with Crippen LogP contribution in [0, 0.1) is 5.41 Å². The van der Waals surface area contributed by atoms with Crippen molar-refractivity contribution in [2.24, 2.45) is 5.41 Å². The van der Waals surface area contributed by atoms with E-state index < -0.39 is 0 Å². The first-order valence-electron chi connectivity index (χ1n) is 6.76. The zero-order valence-corrected chi connectivity index (χ0v) is 11.6. The summed E-state index contributed by atoms with van der Waals surface area (Å²) in [5, 5.41) is 3.54. The second-order valence-corrected chi connectivity index (χ2v) is 6.72. The van der Waals surface area contributed by atoms with Gasteiger partial charge in [-0.3, -0.25) is 0 Å². The Morgan fingerprint density at radius 1 is 1.29 bits per heavy atom. The first kappa shape index (κ1) is 12.6. The number of hydrogen-bond donors (Lipinski definition) is 1. The molecule has 2 rings (SSSR count). The van der Waals surface area contributed by atoms with Gasteiger partial charge in [-0.25, -0.2) is 0 Å². The third-order valence-electron chi connectivity index (χ3n) is 3.51. The highest BCUT2D eigenvalue weighted by molar-refractivity contribution is 5.28. The Kier molecular flexibility index (Phi) is 3.58. The van der Waals surface area contributed by atoms with Crippen molar-refractivity contribution >= 4 is 0 Å². The van der Waals surface area contributed by atoms with Crippen molar-refractivity contribution in [1.82, 2.24) is 5.32 Å². The Bertz CT molecular complexity index is 375. The minimum atomic E-state index is 0.375. The van der Waals surface area contributed by atoms with E-state index >= 15 is 0 Å². The summed E-state index contributed by atoms with van der Waals surface area (Å²) in [5.41, 5.74) is 3.37. The van der Waals surface area contributed by atoms with Gasteiger partial charge in [-0.1, -0.05) is 45.0 Å². The molecule has 0 aliphatic carbocycles. The third-order valence-corrected chi connectivity index (χ3v) is 3.51. The molecule has 0 bridgehead atoms. The van der Waals surface area contributed by atoms with E-state index in [2.05, 4.69) is 57.3 Å². The van der Waals surface area contributed by atoms with Crippen LogP contribution in [0.15, 0.2) is 24.3 Å². The second kappa shape index (κ2) is 4.81. The van der Waals surface area contributed by atoms with Gasteiger partial charge in [-0.15, -0.1) is 0 Å². The first-order valence-corrected chi connectivity index (χ1v) is 6.76. The Hall–Kier alpha value is -0.820. The summed E-state index contributed by atoms with van der Waals surface area (Å²) >= 11 is 0. The van der Waals surface area contributed by atoms with Crippen LogP contribution in [0.3, 0.4) is 0 Å². The highest BCUT2D eigenvalue weighted by atomic mass is 14.9. The van der Waals surface area contributed by atoms with Gasteiger partial charge in [0.1, 0.15) is 0 Å². The standard InChI is InChI=1S/C16H25N/c1-12-8-15(11-17-12)14-7-5-6-13(9-14)10-16(2,3)4/h5-7,9,12,15,17H,8,10-11H2,1-4H3. The molecule has 1 heterocycles. The van der Waals surface area contributed by atoms with Crippen molar-refractivity contribution in [2.75, 3.05) is 6.54 Å². The maximum absolute atomic E-state index is 3.54. The summed E-state index contributed by atoms with van der Waals surface area (Å²) in [5.74, 6) is 0.713. The molecular weight excluding hydrogens is 206 g/mol. The Balaban J connectivity index is 2.11. The van der Waals surface area contributed by atoms with Crippen LogP contribution < -0.4 is 5.32 Å². The van der Waals surface area contributed by atoms with E-state index in [0.717, 1.165) is 13.0 Å². The van der Waals surface area contributed by atoms with E-state index in [1.165, 1.54) is 17.5 Å². The van der Waals surface area contributed by atoms with Gasteiger partial charge < -0.3 is 5.32 Å². The molecule has 1 aliphatic heterocycles. The van der Waals surface area contributed by atoms with Gasteiger partial charge in [-0.2, -0.15) is 0 Å². The van der Waals surface area contributed by atoms with Crippen LogP contribution >= 0.6 is 0 Å². The molecule has 0 spiro atoms. The van der Waals surface area contributed by atoms with Crippen molar-refractivity contribution in [3.8, 4) is 0 Å². The number of rotatable bonds is 2. The molecule has 1 heteroatoms. The average Bonchev–Trinajstić information content (AvgIpc) is 2.63. The summed E-state index contributed by atoms with van der Waals surface area (Å²) < 4.78 is 0. The molecule has 1 fully saturated rings. The van der Waals surface area contributed by atoms with E-state index in [4.69, 9.17) is 0 Å². The fourth-order valence-corrected chi connectivity index (χ4v) is 2.76. The average molecular weight is 231 g/mol. The summed E-state index contributed by atoms with van der Waals surface area (Å²) in [4.78, 5) is 0. The van der Waals surface area contributed by atoms with Gasteiger partial charge in [0.2, 0.25) is 0 Å². The minimum Gasteiger partial charge on any atom is -0.314 e. The molecule has 0 saturated carbocycles. The van der Waals surface area contributed by atoms with Gasteiger partial charge >= 0.3 is 0 Å². The molecule has 1 aromatic rings. The first-order chi connectivity index (χ1) is 7.94. The van der Waals surface area contributed by atoms with E-state index in [0.29, 0.717) is 17.4 Å². The van der Waals surface area contributed by atoms with Crippen LogP contribution in [0.1, 0.15) is 51.2 Å². The van der Waals surface area contributed by atoms with Crippen molar-refractivity contribution in [1.29, 1.82) is 0 Å². The van der Waals surface area contributed by atoms with Gasteiger partial charge in [0.05, 0.1) is 0 Å². The Labute approximate surface area is 106 Å². The van der Waals surface area contributed by atoms with Gasteiger partial charge in [0.25, 0.3) is 0 Å². The third kappa shape index (κ3) is 3.57. The lowest BCUT2D eigenvalue weighted by Crippen LogP contribution is -2.16. The molecule has 2 atom stereocenters. The van der Waals surface area contributed by atoms with Gasteiger partial charge in [0, 0.05) is 12.6 Å². The van der Waals surface area contributed by atoms with Gasteiger partial charge in [0.15, 0.2) is 0 Å². The molecule has 94 valence electrons. The van der Waals surface area contributed by atoms with E-state index in [9.17, 15) is 0 Å². The fourth-order valence-electron chi connectivity index (χ4n) is 2.76. The smallest absolute Gasteiger partial charge is 0.00452 e. The molecule has 2 unspecified atom stereocenters. The molecule has 17 heavy (non-hydrogen) atoms. The second-order valence-electron chi connectivity index (χ2n) is 6.72. The minimum absolute atomic E-state index is 0.375. The topological polar surface area (TPSA) is 12.0 Å². The predicted molar refractivity (Wildman–Crippen MR) is 74.4 cm³/mol. The highest BCUT2D eigenvalue weighted by Gasteiger charge is 2.22. The van der Waals surface area contributed by atoms with Crippen LogP contribution in [0.4, 0.5) is 0 Å². The molecule has 1 saturated heterocycles. The molecule has 1 aliphatic rings. The normalized spacial score (nSPS) is 25.2. The van der Waals surface area contributed by atoms with E-state index in [-0.39, 0.29) is 0 Å². The van der Waals surface area contributed by atoms with Crippen molar-refractivity contribution < 1.29 is 0 Å². The van der Waals surface area contributed by atoms with Gasteiger partial charge in [-0.05, 0) is 42.2 Å². The number of benzene rings is 1. The van der Waals surface area contributed by atoms with Crippen LogP contribution in [0.25, 0.3) is 0 Å². The zero-order chi connectivity index (χ0) is 12.5. The van der Waals surface area contributed by atoms with Crippen LogP contribution in [-0.4, -0.2) is 12.6 Å². The quantitative estimate of drug-likeness (QED) is 0.817. The molecule has 0 radical (unpaired) electrons. The van der Waals surface area contributed by atoms with Crippen LogP contribution in [0.5, 0.6) is 0 Å². The molecular formula is C16H25N. The summed E-state index contributed by atoms with van der Waals surface area (Å²) in [7, 11) is 0. The molecule has 0 amide bonds. The maximum atomic E-state index is 3.54. The zero-order valence-electron chi connectivity index (χ0n) is 11.6. The molecule has 0 aromatic heterocycles. The van der Waals surface area contributed by atoms with E-state index in [1.54, 1.807) is 0 Å². The summed E-state index contributed by atoms with van der Waals surface area (Å²) in [6.07, 6.45) is 2.44. The SMILES string of the molecule is CC1CC(c2cccc(CC(C)(C)C)c2)CN1. The fraction of sp³-hybridized carbons (Fsp3) is 0.625. The van der Waals surface area contributed by atoms with Crippen LogP contribution in [-0.2, 0) is 6.42 Å². The van der Waals surface area contributed by atoms with Crippen molar-refractivity contribution in [3.05, 3.63) is 35.4 Å². The van der Waals surface area contributed by atoms with E-state index in [1.807, 2.05) is 0 Å². The largest absolute Gasteiger partial charge is 0.314 e. The lowest BCUT2D eigenvalue weighted by Gasteiger charge is -2.19. The lowest BCUT2D eigenvalue weighted by atomic mass is 9.86. The molecule has 1 aromatic carbocycles. The van der Waals surface area contributed by atoms with Crippen molar-refractivity contribution in [2.45, 2.75) is 52.5 Å². The molecule has 1 nitrogen and oxygen atoms in total. The predicted octanol–water partition coefficient (Wildman–Crippen LogP) is 3.74. The number of nitrogens with one attached hydrogen (secondary N) is 1. The van der Waals surface area contributed by atoms with Crippen molar-refractivity contribution in [3.63, 3.8) is 0 Å². The lowest BCUT2D eigenvalue weighted by molar-refractivity contribution is 0.411. The Morgan fingerprint density at radius 3 is 2.65 bits per heavy atom. The number of hydrogen-bond acceptors (Lipinski definition) is 1. The maximum Gasteiger partial charge on any atom is 0.00452 e.